The number of para-hydroxylation sites is 1. The van der Waals surface area contributed by atoms with Crippen molar-refractivity contribution < 1.29 is 24.5 Å². The number of imidazole rings is 1. The molecule has 1 aliphatic rings. The molecule has 5 heterocycles. The van der Waals surface area contributed by atoms with Crippen molar-refractivity contribution in [2.24, 2.45) is 0 Å². The summed E-state index contributed by atoms with van der Waals surface area (Å²) in [5.41, 5.74) is 7.59. The first-order valence-corrected chi connectivity index (χ1v) is 12.9. The smallest absolute Gasteiger partial charge is 0.120 e. The molecule has 0 bridgehead atoms. The standard InChI is InChI=1S/C22H16N3O.C11H8N.Ir/c1-2-9-18-14(6-1)15-7-5-8-16(22(15)26-18)20-21-17(11-12-23-20)25-13-4-3-10-19(25)24-21;1-2-6-10(7-3-1)11-8-4-5-9-12-11;/h1-2,5-7,9,11-12H,3-4,10,13H2;1-6,8-9H;/q2*-1;. The SMILES string of the molecule is [Ir].[c-]1ccc2c(oc3ccccc32)c1-c1nccc2c1nc1n2CCCC1.[c-]1ccccc1-c1ccccn1. The van der Waals surface area contributed by atoms with Gasteiger partial charge in [-0.3, -0.25) is 0 Å². The van der Waals surface area contributed by atoms with Crippen LogP contribution in [-0.4, -0.2) is 19.5 Å². The van der Waals surface area contributed by atoms with Crippen molar-refractivity contribution in [1.29, 1.82) is 0 Å². The summed E-state index contributed by atoms with van der Waals surface area (Å²) in [6.45, 7) is 1.04. The van der Waals surface area contributed by atoms with E-state index in [1.807, 2.05) is 72.9 Å². The molecule has 39 heavy (non-hydrogen) atoms. The summed E-state index contributed by atoms with van der Waals surface area (Å²) < 4.78 is 8.52. The second kappa shape index (κ2) is 10.9. The van der Waals surface area contributed by atoms with E-state index in [2.05, 4.69) is 44.9 Å². The van der Waals surface area contributed by atoms with Crippen molar-refractivity contribution in [2.45, 2.75) is 25.8 Å². The summed E-state index contributed by atoms with van der Waals surface area (Å²) in [4.78, 5) is 13.8. The maximum absolute atomic E-state index is 6.18. The normalized spacial score (nSPS) is 12.5. The Morgan fingerprint density at radius 3 is 2.54 bits per heavy atom. The molecule has 7 aromatic rings. The van der Waals surface area contributed by atoms with Crippen LogP contribution in [0.15, 0.2) is 102 Å². The maximum Gasteiger partial charge on any atom is 0.120 e. The zero-order chi connectivity index (χ0) is 25.3. The molecule has 1 radical (unpaired) electrons. The molecule has 0 amide bonds. The van der Waals surface area contributed by atoms with Crippen molar-refractivity contribution in [2.75, 3.05) is 0 Å². The third-order valence-corrected chi connectivity index (χ3v) is 7.00. The van der Waals surface area contributed by atoms with Crippen LogP contribution in [0.5, 0.6) is 0 Å². The third-order valence-electron chi connectivity index (χ3n) is 7.00. The van der Waals surface area contributed by atoms with Crippen LogP contribution in [0.3, 0.4) is 0 Å². The van der Waals surface area contributed by atoms with Crippen LogP contribution in [0, 0.1) is 12.1 Å². The van der Waals surface area contributed by atoms with Gasteiger partial charge >= 0.3 is 0 Å². The molecule has 0 atom stereocenters. The van der Waals surface area contributed by atoms with E-state index < -0.39 is 0 Å². The van der Waals surface area contributed by atoms with Gasteiger partial charge in [0.2, 0.25) is 0 Å². The van der Waals surface area contributed by atoms with E-state index in [1.165, 1.54) is 12.8 Å². The van der Waals surface area contributed by atoms with Gasteiger partial charge in [0.05, 0.1) is 16.6 Å². The summed E-state index contributed by atoms with van der Waals surface area (Å²) in [5, 5.41) is 2.21. The minimum atomic E-state index is 0. The summed E-state index contributed by atoms with van der Waals surface area (Å²) in [7, 11) is 0. The van der Waals surface area contributed by atoms with Crippen LogP contribution in [0.2, 0.25) is 0 Å². The number of rotatable bonds is 2. The average molecular weight is 685 g/mol. The second-order valence-corrected chi connectivity index (χ2v) is 9.35. The number of nitrogens with zero attached hydrogens (tertiary/aromatic N) is 4. The van der Waals surface area contributed by atoms with Crippen molar-refractivity contribution >= 4 is 33.0 Å². The van der Waals surface area contributed by atoms with Crippen molar-refractivity contribution in [3.8, 4) is 22.5 Å². The molecule has 6 heteroatoms. The first kappa shape index (κ1) is 25.2. The Morgan fingerprint density at radius 1 is 0.769 bits per heavy atom. The van der Waals surface area contributed by atoms with E-state index in [1.54, 1.807) is 6.20 Å². The Kier molecular flexibility index (Phi) is 7.06. The van der Waals surface area contributed by atoms with Gasteiger partial charge in [-0.15, -0.1) is 54.1 Å². The zero-order valence-electron chi connectivity index (χ0n) is 21.1. The molecule has 3 aromatic carbocycles. The Bertz CT molecular complexity index is 1840. The van der Waals surface area contributed by atoms with Gasteiger partial charge in [0.15, 0.2) is 0 Å². The largest absolute Gasteiger partial charge is 0.501 e. The van der Waals surface area contributed by atoms with Crippen LogP contribution in [0.4, 0.5) is 0 Å². The molecule has 1 aliphatic heterocycles. The number of hydrogen-bond donors (Lipinski definition) is 0. The molecule has 193 valence electrons. The van der Waals surface area contributed by atoms with Crippen LogP contribution in [0.25, 0.3) is 55.5 Å². The molecule has 0 saturated carbocycles. The van der Waals surface area contributed by atoms with E-state index in [-0.39, 0.29) is 20.1 Å². The van der Waals surface area contributed by atoms with Gasteiger partial charge in [-0.05, 0) is 36.7 Å². The minimum Gasteiger partial charge on any atom is -0.501 e. The fourth-order valence-corrected chi connectivity index (χ4v) is 5.22. The summed E-state index contributed by atoms with van der Waals surface area (Å²) in [5.74, 6) is 1.16. The Balaban J connectivity index is 0.000000180. The van der Waals surface area contributed by atoms with Gasteiger partial charge in [0, 0.05) is 56.5 Å². The number of aromatic nitrogens is 4. The molecule has 0 saturated heterocycles. The molecular formula is C33H24IrN4O-2. The van der Waals surface area contributed by atoms with Gasteiger partial charge in [0.1, 0.15) is 11.4 Å². The molecule has 0 N–H and O–H groups in total. The quantitative estimate of drug-likeness (QED) is 0.176. The van der Waals surface area contributed by atoms with Crippen molar-refractivity contribution in [3.05, 3.63) is 115 Å². The first-order valence-electron chi connectivity index (χ1n) is 12.9. The molecule has 0 unspecified atom stereocenters. The van der Waals surface area contributed by atoms with Crippen LogP contribution in [0.1, 0.15) is 18.7 Å². The minimum absolute atomic E-state index is 0. The van der Waals surface area contributed by atoms with Crippen molar-refractivity contribution in [3.63, 3.8) is 0 Å². The number of furan rings is 1. The van der Waals surface area contributed by atoms with Crippen LogP contribution in [-0.2, 0) is 33.1 Å². The van der Waals surface area contributed by atoms with Gasteiger partial charge < -0.3 is 19.0 Å². The summed E-state index contributed by atoms with van der Waals surface area (Å²) in [6.07, 6.45) is 7.11. The number of fused-ring (bicyclic) bond motifs is 6. The Morgan fingerprint density at radius 2 is 1.67 bits per heavy atom. The predicted octanol–water partition coefficient (Wildman–Crippen LogP) is 7.68. The van der Waals surface area contributed by atoms with E-state index >= 15 is 0 Å². The number of aryl methyl sites for hydroxylation is 2. The van der Waals surface area contributed by atoms with E-state index in [0.29, 0.717) is 0 Å². The number of pyridine rings is 2. The Hall–Kier alpha value is -4.12. The number of benzene rings is 3. The van der Waals surface area contributed by atoms with E-state index in [9.17, 15) is 0 Å². The third kappa shape index (κ3) is 4.67. The van der Waals surface area contributed by atoms with Gasteiger partial charge in [0.25, 0.3) is 0 Å². The zero-order valence-corrected chi connectivity index (χ0v) is 23.5. The first-order chi connectivity index (χ1) is 18.9. The summed E-state index contributed by atoms with van der Waals surface area (Å²) >= 11 is 0. The fraction of sp³-hybridized carbons (Fsp3) is 0.121. The average Bonchev–Trinajstić information content (AvgIpc) is 3.57. The topological polar surface area (TPSA) is 56.7 Å². The Labute approximate surface area is 239 Å². The van der Waals surface area contributed by atoms with Gasteiger partial charge in [-0.1, -0.05) is 41.3 Å². The second-order valence-electron chi connectivity index (χ2n) is 9.35. The van der Waals surface area contributed by atoms with E-state index in [4.69, 9.17) is 9.40 Å². The van der Waals surface area contributed by atoms with Crippen molar-refractivity contribution in [1.82, 2.24) is 19.5 Å². The number of hydrogen-bond acceptors (Lipinski definition) is 4. The molecule has 5 nitrogen and oxygen atoms in total. The molecule has 8 rings (SSSR count). The maximum atomic E-state index is 6.18. The molecule has 0 fully saturated rings. The summed E-state index contributed by atoms with van der Waals surface area (Å²) in [6, 6.07) is 34.4. The molecule has 0 aliphatic carbocycles. The molecule has 0 spiro atoms. The van der Waals surface area contributed by atoms with Crippen LogP contribution >= 0.6 is 0 Å². The molecule has 4 aromatic heterocycles. The fourth-order valence-electron chi connectivity index (χ4n) is 5.22. The van der Waals surface area contributed by atoms with E-state index in [0.717, 1.165) is 74.3 Å². The van der Waals surface area contributed by atoms with Gasteiger partial charge in [-0.25, -0.2) is 4.98 Å². The molecular weight excluding hydrogens is 661 g/mol. The van der Waals surface area contributed by atoms with Crippen LogP contribution < -0.4 is 0 Å². The van der Waals surface area contributed by atoms with Gasteiger partial charge in [-0.2, -0.15) is 0 Å². The monoisotopic (exact) mass is 685 g/mol. The predicted molar refractivity (Wildman–Crippen MR) is 151 cm³/mol.